The molecule has 6 heteroatoms. The van der Waals surface area contributed by atoms with Crippen LogP contribution < -0.4 is 0 Å². The van der Waals surface area contributed by atoms with Crippen LogP contribution in [0.1, 0.15) is 5.56 Å². The molecule has 1 N–H and O–H groups in total. The molecule has 74 valence electrons. The van der Waals surface area contributed by atoms with E-state index >= 15 is 0 Å². The number of hydrogen-bond donors (Lipinski definition) is 1. The molecule has 0 aliphatic rings. The van der Waals surface area contributed by atoms with Crippen LogP contribution in [0.5, 0.6) is 0 Å². The third-order valence-corrected chi connectivity index (χ3v) is 1.50. The van der Waals surface area contributed by atoms with Crippen LogP contribution in [0, 0.1) is 6.92 Å². The zero-order chi connectivity index (χ0) is 10.1. The number of aryl methyl sites for hydroxylation is 1. The molecule has 1 aromatic rings. The number of nitrogens with zero attached hydrogens (tertiary/aromatic N) is 2. The van der Waals surface area contributed by atoms with E-state index in [2.05, 4.69) is 5.10 Å². The molecule has 0 bridgehead atoms. The molecule has 3 nitrogen and oxygen atoms in total. The number of aliphatic hydroxyl groups excluding tert-OH is 1. The smallest absolute Gasteiger partial charge is 0.382 e. The summed E-state index contributed by atoms with van der Waals surface area (Å²) in [5.41, 5.74) is 0.759. The summed E-state index contributed by atoms with van der Waals surface area (Å²) in [6.45, 7) is 1.15. The van der Waals surface area contributed by atoms with Crippen molar-refractivity contribution in [3.63, 3.8) is 0 Å². The molecule has 0 spiro atoms. The first-order valence-corrected chi connectivity index (χ1v) is 3.63. The van der Waals surface area contributed by atoms with Crippen molar-refractivity contribution >= 4 is 0 Å². The summed E-state index contributed by atoms with van der Waals surface area (Å²) >= 11 is 0. The van der Waals surface area contributed by atoms with Gasteiger partial charge in [-0.05, 0) is 12.5 Å². The normalized spacial score (nSPS) is 14.5. The highest BCUT2D eigenvalue weighted by Gasteiger charge is 2.38. The van der Waals surface area contributed by atoms with Crippen molar-refractivity contribution in [2.24, 2.45) is 0 Å². The van der Waals surface area contributed by atoms with Gasteiger partial charge in [0.05, 0.1) is 12.7 Å². The molecule has 1 aromatic heterocycles. The molecule has 1 rings (SSSR count). The average molecular weight is 194 g/mol. The Labute approximate surface area is 72.8 Å². The predicted octanol–water partition coefficient (Wildman–Crippen LogP) is 1.11. The van der Waals surface area contributed by atoms with Crippen molar-refractivity contribution in [3.05, 3.63) is 18.0 Å². The maximum absolute atomic E-state index is 11.9. The molecular weight excluding hydrogens is 185 g/mol. The quantitative estimate of drug-likeness (QED) is 0.765. The maximum atomic E-state index is 11.9. The Balaban J connectivity index is 2.60. The summed E-state index contributed by atoms with van der Waals surface area (Å²) in [6, 6.07) is 0. The van der Waals surface area contributed by atoms with Gasteiger partial charge < -0.3 is 5.11 Å². The minimum atomic E-state index is -4.58. The zero-order valence-electron chi connectivity index (χ0n) is 6.91. The Kier molecular flexibility index (Phi) is 2.60. The van der Waals surface area contributed by atoms with Crippen LogP contribution in [0.15, 0.2) is 12.4 Å². The highest BCUT2D eigenvalue weighted by Crippen LogP contribution is 2.20. The Hall–Kier alpha value is -1.04. The molecule has 0 aromatic carbocycles. The second-order valence-electron chi connectivity index (χ2n) is 2.80. The van der Waals surface area contributed by atoms with Crippen molar-refractivity contribution in [3.8, 4) is 0 Å². The Morgan fingerprint density at radius 3 is 2.62 bits per heavy atom. The Morgan fingerprint density at radius 1 is 1.62 bits per heavy atom. The molecule has 13 heavy (non-hydrogen) atoms. The number of halogens is 3. The van der Waals surface area contributed by atoms with Gasteiger partial charge in [0.15, 0.2) is 6.10 Å². The highest BCUT2D eigenvalue weighted by atomic mass is 19.4. The number of alkyl halides is 3. The number of aromatic nitrogens is 2. The SMILES string of the molecule is Cc1cnn(C[C@@H](O)C(F)(F)F)c1. The minimum absolute atomic E-state index is 0.558. The van der Waals surface area contributed by atoms with Gasteiger partial charge in [-0.25, -0.2) is 0 Å². The van der Waals surface area contributed by atoms with Crippen LogP contribution in [-0.4, -0.2) is 27.2 Å². The van der Waals surface area contributed by atoms with E-state index in [0.29, 0.717) is 0 Å². The van der Waals surface area contributed by atoms with Crippen LogP contribution in [-0.2, 0) is 6.54 Å². The molecule has 0 saturated carbocycles. The summed E-state index contributed by atoms with van der Waals surface area (Å²) in [6.07, 6.45) is -4.07. The van der Waals surface area contributed by atoms with E-state index in [-0.39, 0.29) is 0 Å². The monoisotopic (exact) mass is 194 g/mol. The van der Waals surface area contributed by atoms with Gasteiger partial charge in [0.1, 0.15) is 0 Å². The first kappa shape index (κ1) is 10.0. The van der Waals surface area contributed by atoms with E-state index in [0.717, 1.165) is 10.2 Å². The van der Waals surface area contributed by atoms with Gasteiger partial charge in [-0.1, -0.05) is 0 Å². The maximum Gasteiger partial charge on any atom is 0.416 e. The lowest BCUT2D eigenvalue weighted by Crippen LogP contribution is -2.32. The molecule has 0 amide bonds. The third-order valence-electron chi connectivity index (χ3n) is 1.50. The van der Waals surface area contributed by atoms with E-state index in [9.17, 15) is 13.2 Å². The van der Waals surface area contributed by atoms with E-state index in [1.165, 1.54) is 12.4 Å². The molecule has 1 atom stereocenters. The fraction of sp³-hybridized carbons (Fsp3) is 0.571. The van der Waals surface area contributed by atoms with Crippen molar-refractivity contribution in [2.75, 3.05) is 0 Å². The largest absolute Gasteiger partial charge is 0.416 e. The topological polar surface area (TPSA) is 38.0 Å². The van der Waals surface area contributed by atoms with E-state index < -0.39 is 18.8 Å². The van der Waals surface area contributed by atoms with Gasteiger partial charge in [0.2, 0.25) is 0 Å². The second-order valence-corrected chi connectivity index (χ2v) is 2.80. The van der Waals surface area contributed by atoms with Crippen LogP contribution >= 0.6 is 0 Å². The first-order chi connectivity index (χ1) is 5.89. The van der Waals surface area contributed by atoms with Crippen molar-refractivity contribution in [1.29, 1.82) is 0 Å². The summed E-state index contributed by atoms with van der Waals surface area (Å²) in [7, 11) is 0. The molecule has 0 unspecified atom stereocenters. The van der Waals surface area contributed by atoms with E-state index in [1.807, 2.05) is 0 Å². The third kappa shape index (κ3) is 2.73. The predicted molar refractivity (Wildman–Crippen MR) is 39.0 cm³/mol. The standard InChI is InChI=1S/C7H9F3N2O/c1-5-2-11-12(3-5)4-6(13)7(8,9)10/h2-3,6,13H,4H2,1H3/t6-/m1/s1. The number of aliphatic hydroxyl groups is 1. The molecule has 0 aliphatic heterocycles. The van der Waals surface area contributed by atoms with Gasteiger partial charge in [0, 0.05) is 6.20 Å². The van der Waals surface area contributed by atoms with Crippen LogP contribution in [0.3, 0.4) is 0 Å². The molecule has 1 heterocycles. The molecule has 0 saturated heterocycles. The summed E-state index contributed by atoms with van der Waals surface area (Å²) in [5, 5.41) is 12.3. The Bertz CT molecular complexity index is 282. The van der Waals surface area contributed by atoms with Gasteiger partial charge in [-0.2, -0.15) is 18.3 Å². The number of hydrogen-bond acceptors (Lipinski definition) is 2. The second kappa shape index (κ2) is 3.37. The lowest BCUT2D eigenvalue weighted by molar-refractivity contribution is -0.208. The fourth-order valence-corrected chi connectivity index (χ4v) is 0.847. The fourth-order valence-electron chi connectivity index (χ4n) is 0.847. The van der Waals surface area contributed by atoms with Crippen LogP contribution in [0.4, 0.5) is 13.2 Å². The first-order valence-electron chi connectivity index (χ1n) is 3.63. The molecular formula is C7H9F3N2O. The van der Waals surface area contributed by atoms with Crippen LogP contribution in [0.25, 0.3) is 0 Å². The number of rotatable bonds is 2. The molecule has 0 fully saturated rings. The van der Waals surface area contributed by atoms with E-state index in [4.69, 9.17) is 5.11 Å². The minimum Gasteiger partial charge on any atom is -0.382 e. The summed E-state index contributed by atoms with van der Waals surface area (Å²) < 4.78 is 36.6. The summed E-state index contributed by atoms with van der Waals surface area (Å²) in [4.78, 5) is 0. The van der Waals surface area contributed by atoms with Crippen molar-refractivity contribution < 1.29 is 18.3 Å². The molecule has 0 radical (unpaired) electrons. The van der Waals surface area contributed by atoms with Gasteiger partial charge in [-0.15, -0.1) is 0 Å². The zero-order valence-corrected chi connectivity index (χ0v) is 6.91. The van der Waals surface area contributed by atoms with Crippen molar-refractivity contribution in [1.82, 2.24) is 9.78 Å². The van der Waals surface area contributed by atoms with Crippen LogP contribution in [0.2, 0.25) is 0 Å². The Morgan fingerprint density at radius 2 is 2.23 bits per heavy atom. The lowest BCUT2D eigenvalue weighted by atomic mass is 10.3. The molecule has 0 aliphatic carbocycles. The van der Waals surface area contributed by atoms with Gasteiger partial charge in [0.25, 0.3) is 0 Å². The average Bonchev–Trinajstić information content (AvgIpc) is 2.33. The van der Waals surface area contributed by atoms with Crippen molar-refractivity contribution in [2.45, 2.75) is 25.7 Å². The van der Waals surface area contributed by atoms with Gasteiger partial charge in [-0.3, -0.25) is 4.68 Å². The van der Waals surface area contributed by atoms with E-state index in [1.54, 1.807) is 6.92 Å². The van der Waals surface area contributed by atoms with Gasteiger partial charge >= 0.3 is 6.18 Å². The highest BCUT2D eigenvalue weighted by molar-refractivity contribution is 4.99. The summed E-state index contributed by atoms with van der Waals surface area (Å²) in [5.74, 6) is 0. The lowest BCUT2D eigenvalue weighted by Gasteiger charge is -2.13.